The molecule has 0 amide bonds. The summed E-state index contributed by atoms with van der Waals surface area (Å²) in [5.74, 6) is -2.27. The van der Waals surface area contributed by atoms with Gasteiger partial charge in [0.25, 0.3) is 0 Å². The van der Waals surface area contributed by atoms with Crippen molar-refractivity contribution in [3.05, 3.63) is 83.0 Å². The number of rotatable bonds is 5. The Labute approximate surface area is 183 Å². The first-order valence-corrected chi connectivity index (χ1v) is 10.4. The Hall–Kier alpha value is -2.97. The van der Waals surface area contributed by atoms with E-state index in [9.17, 15) is 18.4 Å². The standard InChI is InChI=1S/C19H19F2NS.C4H4O4/c1-22(2)9-3-4-16-17-10-14(20)6-5-13(17)12-23-19-8-7-15(21)11-18(16)19;5-3(6)1-2-4(7)8/h4-8,10-11H,3,9,12H2,1-2H3;1-2H,(H,5,6)(H,7,8)/b16-4+;2-1+. The Morgan fingerprint density at radius 3 is 2.16 bits per heavy atom. The molecule has 0 spiro atoms. The van der Waals surface area contributed by atoms with E-state index in [1.807, 2.05) is 26.2 Å². The normalized spacial score (nSPS) is 13.9. The van der Waals surface area contributed by atoms with Gasteiger partial charge < -0.3 is 15.1 Å². The van der Waals surface area contributed by atoms with Gasteiger partial charge in [-0.3, -0.25) is 0 Å². The van der Waals surface area contributed by atoms with Crippen molar-refractivity contribution in [2.45, 2.75) is 17.1 Å². The summed E-state index contributed by atoms with van der Waals surface area (Å²) in [6.07, 6.45) is 4.05. The van der Waals surface area contributed by atoms with E-state index in [4.69, 9.17) is 10.2 Å². The van der Waals surface area contributed by atoms with Crippen LogP contribution in [0.4, 0.5) is 8.78 Å². The maximum Gasteiger partial charge on any atom is 0.328 e. The average Bonchev–Trinajstić information content (AvgIpc) is 2.83. The predicted molar refractivity (Wildman–Crippen MR) is 117 cm³/mol. The first kappa shape index (κ1) is 24.3. The second kappa shape index (κ2) is 11.4. The highest BCUT2D eigenvalue weighted by molar-refractivity contribution is 7.98. The van der Waals surface area contributed by atoms with Crippen LogP contribution in [0.5, 0.6) is 0 Å². The molecule has 1 aliphatic heterocycles. The SMILES string of the molecule is CN(C)CC/C=C1\c2cc(F)ccc2CSc2ccc(F)cc21.O=C(O)/C=C/C(=O)O. The maximum atomic E-state index is 13.8. The molecule has 0 bridgehead atoms. The number of carboxylic acid groups (broad SMARTS) is 2. The van der Waals surface area contributed by atoms with Gasteiger partial charge in [-0.15, -0.1) is 11.8 Å². The largest absolute Gasteiger partial charge is 0.478 e. The molecule has 164 valence electrons. The third-order valence-electron chi connectivity index (χ3n) is 4.27. The number of carbonyl (C=O) groups is 2. The molecular weight excluding hydrogens is 424 g/mol. The summed E-state index contributed by atoms with van der Waals surface area (Å²) in [6, 6.07) is 9.76. The van der Waals surface area contributed by atoms with Gasteiger partial charge in [-0.05, 0) is 73.1 Å². The summed E-state index contributed by atoms with van der Waals surface area (Å²) in [6.45, 7) is 0.895. The minimum Gasteiger partial charge on any atom is -0.478 e. The smallest absolute Gasteiger partial charge is 0.328 e. The van der Waals surface area contributed by atoms with Crippen molar-refractivity contribution in [3.63, 3.8) is 0 Å². The zero-order valence-corrected chi connectivity index (χ0v) is 18.0. The molecule has 0 radical (unpaired) electrons. The fourth-order valence-electron chi connectivity index (χ4n) is 2.89. The maximum absolute atomic E-state index is 13.8. The van der Waals surface area contributed by atoms with Gasteiger partial charge in [-0.2, -0.15) is 0 Å². The number of benzene rings is 2. The summed E-state index contributed by atoms with van der Waals surface area (Å²) in [7, 11) is 4.03. The van der Waals surface area contributed by atoms with Crippen LogP contribution in [0.2, 0.25) is 0 Å². The van der Waals surface area contributed by atoms with Gasteiger partial charge in [-0.1, -0.05) is 12.1 Å². The molecule has 0 fully saturated rings. The van der Waals surface area contributed by atoms with Crippen LogP contribution in [0.25, 0.3) is 5.57 Å². The lowest BCUT2D eigenvalue weighted by Crippen LogP contribution is -2.12. The van der Waals surface area contributed by atoms with Gasteiger partial charge in [0.2, 0.25) is 0 Å². The number of carboxylic acids is 2. The lowest BCUT2D eigenvalue weighted by molar-refractivity contribution is -0.134. The third kappa shape index (κ3) is 7.66. The summed E-state index contributed by atoms with van der Waals surface area (Å²) in [4.78, 5) is 22.2. The molecule has 0 atom stereocenters. The van der Waals surface area contributed by atoms with Gasteiger partial charge >= 0.3 is 11.9 Å². The van der Waals surface area contributed by atoms with E-state index in [-0.39, 0.29) is 11.6 Å². The minimum absolute atomic E-state index is 0.257. The molecule has 1 aliphatic rings. The fraction of sp³-hybridized carbons (Fsp3) is 0.217. The molecule has 0 aromatic heterocycles. The van der Waals surface area contributed by atoms with E-state index in [0.29, 0.717) is 12.2 Å². The average molecular weight is 448 g/mol. The Morgan fingerprint density at radius 1 is 1.00 bits per heavy atom. The van der Waals surface area contributed by atoms with E-state index in [0.717, 1.165) is 45.9 Å². The highest BCUT2D eigenvalue weighted by atomic mass is 32.2. The Morgan fingerprint density at radius 2 is 1.58 bits per heavy atom. The molecule has 8 heteroatoms. The van der Waals surface area contributed by atoms with Crippen molar-refractivity contribution in [1.29, 1.82) is 0 Å². The topological polar surface area (TPSA) is 77.8 Å². The van der Waals surface area contributed by atoms with Gasteiger partial charge in [0.05, 0.1) is 0 Å². The molecule has 0 aliphatic carbocycles. The number of aliphatic carboxylic acids is 2. The lowest BCUT2D eigenvalue weighted by Gasteiger charge is -2.13. The van der Waals surface area contributed by atoms with Crippen LogP contribution in [-0.4, -0.2) is 47.7 Å². The molecular formula is C23H23F2NO4S. The highest BCUT2D eigenvalue weighted by Crippen LogP contribution is 2.40. The molecule has 2 aromatic carbocycles. The number of nitrogens with zero attached hydrogens (tertiary/aromatic N) is 1. The van der Waals surface area contributed by atoms with Gasteiger partial charge in [0, 0.05) is 29.3 Å². The molecule has 2 aromatic rings. The van der Waals surface area contributed by atoms with Crippen molar-refractivity contribution in [2.75, 3.05) is 20.6 Å². The molecule has 1 heterocycles. The molecule has 5 nitrogen and oxygen atoms in total. The van der Waals surface area contributed by atoms with Crippen molar-refractivity contribution < 1.29 is 28.6 Å². The second-order valence-electron chi connectivity index (χ2n) is 6.95. The van der Waals surface area contributed by atoms with Crippen LogP contribution >= 0.6 is 11.8 Å². The van der Waals surface area contributed by atoms with Crippen molar-refractivity contribution >= 4 is 29.3 Å². The molecule has 0 saturated carbocycles. The van der Waals surface area contributed by atoms with E-state index in [2.05, 4.69) is 11.0 Å². The van der Waals surface area contributed by atoms with Crippen LogP contribution < -0.4 is 0 Å². The lowest BCUT2D eigenvalue weighted by atomic mass is 9.93. The molecule has 2 N–H and O–H groups in total. The Bertz CT molecular complexity index is 947. The zero-order chi connectivity index (χ0) is 23.0. The fourth-order valence-corrected chi connectivity index (χ4v) is 3.95. The molecule has 0 unspecified atom stereocenters. The van der Waals surface area contributed by atoms with Crippen molar-refractivity contribution in [1.82, 2.24) is 4.90 Å². The van der Waals surface area contributed by atoms with Crippen molar-refractivity contribution in [2.24, 2.45) is 0 Å². The van der Waals surface area contributed by atoms with E-state index < -0.39 is 11.9 Å². The van der Waals surface area contributed by atoms with E-state index in [1.54, 1.807) is 23.9 Å². The van der Waals surface area contributed by atoms with Gasteiger partial charge in [-0.25, -0.2) is 18.4 Å². The van der Waals surface area contributed by atoms with Gasteiger partial charge in [0.15, 0.2) is 0 Å². The van der Waals surface area contributed by atoms with Crippen LogP contribution in [0.3, 0.4) is 0 Å². The van der Waals surface area contributed by atoms with E-state index in [1.165, 1.54) is 12.1 Å². The first-order chi connectivity index (χ1) is 14.7. The third-order valence-corrected chi connectivity index (χ3v) is 5.39. The van der Waals surface area contributed by atoms with Crippen LogP contribution in [0, 0.1) is 11.6 Å². The first-order valence-electron chi connectivity index (χ1n) is 9.37. The summed E-state index contributed by atoms with van der Waals surface area (Å²) >= 11 is 1.67. The van der Waals surface area contributed by atoms with Crippen LogP contribution in [0.1, 0.15) is 23.1 Å². The Kier molecular flexibility index (Phi) is 8.96. The van der Waals surface area contributed by atoms with Crippen LogP contribution in [-0.2, 0) is 15.3 Å². The summed E-state index contributed by atoms with van der Waals surface area (Å²) in [5, 5.41) is 15.6. The minimum atomic E-state index is -1.26. The number of fused-ring (bicyclic) bond motifs is 2. The van der Waals surface area contributed by atoms with Crippen molar-refractivity contribution in [3.8, 4) is 0 Å². The quantitative estimate of drug-likeness (QED) is 0.649. The van der Waals surface area contributed by atoms with Gasteiger partial charge in [0.1, 0.15) is 11.6 Å². The zero-order valence-electron chi connectivity index (χ0n) is 17.1. The monoisotopic (exact) mass is 447 g/mol. The number of halogens is 2. The number of hydrogen-bond donors (Lipinski definition) is 2. The second-order valence-corrected chi connectivity index (χ2v) is 7.97. The van der Waals surface area contributed by atoms with Crippen LogP contribution in [0.15, 0.2) is 59.5 Å². The number of hydrogen-bond acceptors (Lipinski definition) is 4. The predicted octanol–water partition coefficient (Wildman–Crippen LogP) is 4.67. The molecule has 3 rings (SSSR count). The van der Waals surface area contributed by atoms with E-state index >= 15 is 0 Å². The molecule has 0 saturated heterocycles. The summed E-state index contributed by atoms with van der Waals surface area (Å²) < 4.78 is 27.6. The summed E-state index contributed by atoms with van der Waals surface area (Å²) in [5.41, 5.74) is 3.75. The number of thioether (sulfide) groups is 1. The highest BCUT2D eigenvalue weighted by Gasteiger charge is 2.19. The molecule has 31 heavy (non-hydrogen) atoms. The Balaban J connectivity index is 0.000000366.